The molecule has 4 nitrogen and oxygen atoms in total. The molecular weight excluding hydrogens is 350 g/mol. The molecule has 0 atom stereocenters. The highest BCUT2D eigenvalue weighted by atomic mass is 19.1. The van der Waals surface area contributed by atoms with Crippen molar-refractivity contribution in [2.24, 2.45) is 0 Å². The van der Waals surface area contributed by atoms with Crippen LogP contribution in [0.3, 0.4) is 0 Å². The molecule has 0 saturated carbocycles. The molecule has 0 bridgehead atoms. The lowest BCUT2D eigenvalue weighted by Gasteiger charge is -2.22. The van der Waals surface area contributed by atoms with Crippen LogP contribution in [0.5, 0.6) is 0 Å². The number of carbonyl (C=O) groups is 2. The zero-order valence-corrected chi connectivity index (χ0v) is 14.2. The zero-order chi connectivity index (χ0) is 19.2. The summed E-state index contributed by atoms with van der Waals surface area (Å²) in [5.41, 5.74) is 0.652. The van der Waals surface area contributed by atoms with Gasteiger partial charge in [0.05, 0.1) is 6.54 Å². The standard InChI is InChI=1S/C21H16F2N2O2/c22-17-12-7-13-18(23)19(17)24-20(26)21(27)25(16-10-5-2-6-11-16)14-15-8-3-1-4-9-15/h1-13H,14H2,(H,24,26). The molecule has 136 valence electrons. The SMILES string of the molecule is O=C(Nc1c(F)cccc1F)C(=O)N(Cc1ccccc1)c1ccccc1. The molecule has 0 aromatic heterocycles. The number of amides is 2. The monoisotopic (exact) mass is 366 g/mol. The van der Waals surface area contributed by atoms with E-state index in [2.05, 4.69) is 0 Å². The van der Waals surface area contributed by atoms with E-state index < -0.39 is 29.1 Å². The molecule has 1 N–H and O–H groups in total. The number of rotatable bonds is 4. The average Bonchev–Trinajstić information content (AvgIpc) is 2.70. The van der Waals surface area contributed by atoms with E-state index in [1.165, 1.54) is 11.0 Å². The first kappa shape index (κ1) is 18.3. The third kappa shape index (κ3) is 4.36. The van der Waals surface area contributed by atoms with E-state index in [0.717, 1.165) is 17.7 Å². The molecular formula is C21H16F2N2O2. The lowest BCUT2D eigenvalue weighted by Crippen LogP contribution is -2.39. The number of nitrogens with zero attached hydrogens (tertiary/aromatic N) is 1. The number of para-hydroxylation sites is 2. The number of anilines is 2. The van der Waals surface area contributed by atoms with E-state index in [-0.39, 0.29) is 6.54 Å². The predicted molar refractivity (Wildman–Crippen MR) is 99.1 cm³/mol. The van der Waals surface area contributed by atoms with Gasteiger partial charge in [0.2, 0.25) is 0 Å². The van der Waals surface area contributed by atoms with Crippen LogP contribution in [0.15, 0.2) is 78.9 Å². The molecule has 3 aromatic rings. The van der Waals surface area contributed by atoms with E-state index >= 15 is 0 Å². The van der Waals surface area contributed by atoms with Gasteiger partial charge in [-0.3, -0.25) is 14.5 Å². The topological polar surface area (TPSA) is 49.4 Å². The van der Waals surface area contributed by atoms with E-state index in [1.807, 2.05) is 35.6 Å². The first-order valence-electron chi connectivity index (χ1n) is 8.22. The fourth-order valence-electron chi connectivity index (χ4n) is 2.56. The summed E-state index contributed by atoms with van der Waals surface area (Å²) in [5, 5.41) is 2.03. The van der Waals surface area contributed by atoms with Crippen molar-refractivity contribution in [1.29, 1.82) is 0 Å². The minimum Gasteiger partial charge on any atom is -0.313 e. The third-order valence-corrected chi connectivity index (χ3v) is 3.89. The van der Waals surface area contributed by atoms with Gasteiger partial charge in [-0.05, 0) is 29.8 Å². The van der Waals surface area contributed by atoms with Crippen molar-refractivity contribution in [3.05, 3.63) is 96.1 Å². The number of benzene rings is 3. The third-order valence-electron chi connectivity index (χ3n) is 3.89. The molecule has 3 aromatic carbocycles. The summed E-state index contributed by atoms with van der Waals surface area (Å²) >= 11 is 0. The van der Waals surface area contributed by atoms with Crippen LogP contribution in [0.4, 0.5) is 20.2 Å². The first-order chi connectivity index (χ1) is 13.1. The Labute approximate surface area is 155 Å². The second kappa shape index (κ2) is 8.23. The van der Waals surface area contributed by atoms with Crippen molar-refractivity contribution in [2.75, 3.05) is 10.2 Å². The van der Waals surface area contributed by atoms with Crippen LogP contribution < -0.4 is 10.2 Å². The number of halogens is 2. The molecule has 0 radical (unpaired) electrons. The smallest absolute Gasteiger partial charge is 0.313 e. The summed E-state index contributed by atoms with van der Waals surface area (Å²) in [6.07, 6.45) is 0. The first-order valence-corrected chi connectivity index (χ1v) is 8.22. The van der Waals surface area contributed by atoms with E-state index in [9.17, 15) is 18.4 Å². The Balaban J connectivity index is 1.87. The summed E-state index contributed by atoms with van der Waals surface area (Å²) in [6.45, 7) is 0.136. The summed E-state index contributed by atoms with van der Waals surface area (Å²) in [4.78, 5) is 26.4. The Morgan fingerprint density at radius 2 is 1.33 bits per heavy atom. The molecule has 0 saturated heterocycles. The Hall–Kier alpha value is -3.54. The molecule has 3 rings (SSSR count). The predicted octanol–water partition coefficient (Wildman–Crippen LogP) is 4.14. The highest BCUT2D eigenvalue weighted by molar-refractivity contribution is 6.44. The van der Waals surface area contributed by atoms with Crippen molar-refractivity contribution in [3.63, 3.8) is 0 Å². The fourth-order valence-corrected chi connectivity index (χ4v) is 2.56. The van der Waals surface area contributed by atoms with Crippen LogP contribution in [0.2, 0.25) is 0 Å². The Morgan fingerprint density at radius 3 is 1.93 bits per heavy atom. The molecule has 27 heavy (non-hydrogen) atoms. The van der Waals surface area contributed by atoms with E-state index in [1.54, 1.807) is 30.3 Å². The summed E-state index contributed by atoms with van der Waals surface area (Å²) in [7, 11) is 0. The Bertz CT molecular complexity index is 927. The molecule has 6 heteroatoms. The maximum Gasteiger partial charge on any atom is 0.316 e. The van der Waals surface area contributed by atoms with Gasteiger partial charge in [-0.25, -0.2) is 8.78 Å². The van der Waals surface area contributed by atoms with Gasteiger partial charge in [-0.2, -0.15) is 0 Å². The van der Waals surface area contributed by atoms with Crippen LogP contribution in [-0.2, 0) is 16.1 Å². The zero-order valence-electron chi connectivity index (χ0n) is 14.2. The highest BCUT2D eigenvalue weighted by Crippen LogP contribution is 2.20. The molecule has 0 aliphatic rings. The van der Waals surface area contributed by atoms with Gasteiger partial charge < -0.3 is 5.32 Å². The molecule has 2 amide bonds. The molecule has 0 aliphatic carbocycles. The van der Waals surface area contributed by atoms with Gasteiger partial charge in [-0.1, -0.05) is 54.6 Å². The van der Waals surface area contributed by atoms with Gasteiger partial charge >= 0.3 is 11.8 Å². The van der Waals surface area contributed by atoms with Crippen LogP contribution in [0.1, 0.15) is 5.56 Å². The second-order valence-electron chi connectivity index (χ2n) is 5.76. The van der Waals surface area contributed by atoms with Crippen molar-refractivity contribution in [3.8, 4) is 0 Å². The lowest BCUT2D eigenvalue weighted by molar-refractivity contribution is -0.134. The maximum absolute atomic E-state index is 13.8. The van der Waals surface area contributed by atoms with Gasteiger partial charge in [0.15, 0.2) is 0 Å². The largest absolute Gasteiger partial charge is 0.316 e. The molecule has 0 aliphatic heterocycles. The molecule has 0 spiro atoms. The number of nitrogens with one attached hydrogen (secondary N) is 1. The van der Waals surface area contributed by atoms with Crippen molar-refractivity contribution < 1.29 is 18.4 Å². The van der Waals surface area contributed by atoms with Crippen LogP contribution in [-0.4, -0.2) is 11.8 Å². The van der Waals surface area contributed by atoms with Crippen LogP contribution in [0, 0.1) is 11.6 Å². The van der Waals surface area contributed by atoms with Crippen molar-refractivity contribution in [1.82, 2.24) is 0 Å². The van der Waals surface area contributed by atoms with Crippen LogP contribution >= 0.6 is 0 Å². The number of hydrogen-bond acceptors (Lipinski definition) is 2. The van der Waals surface area contributed by atoms with Gasteiger partial charge in [0.25, 0.3) is 0 Å². The summed E-state index contributed by atoms with van der Waals surface area (Å²) < 4.78 is 27.5. The van der Waals surface area contributed by atoms with Crippen molar-refractivity contribution in [2.45, 2.75) is 6.54 Å². The second-order valence-corrected chi connectivity index (χ2v) is 5.76. The molecule has 0 fully saturated rings. The van der Waals surface area contributed by atoms with Gasteiger partial charge in [0, 0.05) is 5.69 Å². The Kier molecular flexibility index (Phi) is 5.56. The molecule has 0 unspecified atom stereocenters. The minimum absolute atomic E-state index is 0.136. The normalized spacial score (nSPS) is 10.3. The minimum atomic E-state index is -1.13. The number of carbonyl (C=O) groups excluding carboxylic acids is 2. The lowest BCUT2D eigenvalue weighted by atomic mass is 10.2. The van der Waals surface area contributed by atoms with Gasteiger partial charge in [0.1, 0.15) is 17.3 Å². The quantitative estimate of drug-likeness (QED) is 0.706. The Morgan fingerprint density at radius 1 is 0.778 bits per heavy atom. The fraction of sp³-hybridized carbons (Fsp3) is 0.0476. The van der Waals surface area contributed by atoms with Gasteiger partial charge in [-0.15, -0.1) is 0 Å². The summed E-state index contributed by atoms with van der Waals surface area (Å²) in [5.74, 6) is -3.96. The van der Waals surface area contributed by atoms with Crippen molar-refractivity contribution >= 4 is 23.2 Å². The van der Waals surface area contributed by atoms with E-state index in [4.69, 9.17) is 0 Å². The molecule has 0 heterocycles. The summed E-state index contributed by atoms with van der Waals surface area (Å²) in [6, 6.07) is 20.9. The van der Waals surface area contributed by atoms with E-state index in [0.29, 0.717) is 5.69 Å². The van der Waals surface area contributed by atoms with Crippen LogP contribution in [0.25, 0.3) is 0 Å². The average molecular weight is 366 g/mol. The number of hydrogen-bond donors (Lipinski definition) is 1. The highest BCUT2D eigenvalue weighted by Gasteiger charge is 2.25. The maximum atomic E-state index is 13.8.